The third kappa shape index (κ3) is 3.21. The largest absolute Gasteiger partial charge is 0.303 e. The zero-order valence-electron chi connectivity index (χ0n) is 9.39. The molecule has 0 saturated heterocycles. The summed E-state index contributed by atoms with van der Waals surface area (Å²) in [5, 5.41) is 6.33. The molecule has 1 rings (SSSR count). The van der Waals surface area contributed by atoms with Crippen LogP contribution in [0.2, 0.25) is 0 Å². The molecule has 74 valence electrons. The zero-order valence-corrected chi connectivity index (χ0v) is 9.39. The second-order valence-electron chi connectivity index (χ2n) is 4.95. The molecule has 0 aliphatic heterocycles. The van der Waals surface area contributed by atoms with Crippen molar-refractivity contribution in [3.63, 3.8) is 0 Å². The molecule has 0 aromatic carbocycles. The van der Waals surface area contributed by atoms with Crippen LogP contribution in [0.3, 0.4) is 0 Å². The zero-order chi connectivity index (χ0) is 10.1. The summed E-state index contributed by atoms with van der Waals surface area (Å²) in [5.41, 5.74) is 3.03. The molecule has 0 amide bonds. The standard InChI is InChI=1S/C11H20N2/c1-9-6-10(12-13(4)5)8-11(2,3)7-9/h6H,7-8H2,1-5H3/b12-10+. The average molecular weight is 180 g/mol. The highest BCUT2D eigenvalue weighted by atomic mass is 15.4. The van der Waals surface area contributed by atoms with Crippen molar-refractivity contribution < 1.29 is 0 Å². The highest BCUT2D eigenvalue weighted by molar-refractivity contribution is 5.96. The molecule has 0 radical (unpaired) electrons. The Labute approximate surface area is 81.3 Å². The van der Waals surface area contributed by atoms with E-state index in [0.29, 0.717) is 5.41 Å². The van der Waals surface area contributed by atoms with Gasteiger partial charge in [-0.05, 0) is 31.3 Å². The summed E-state index contributed by atoms with van der Waals surface area (Å²) in [7, 11) is 3.94. The van der Waals surface area contributed by atoms with Crippen LogP contribution in [0.1, 0.15) is 33.6 Å². The van der Waals surface area contributed by atoms with Gasteiger partial charge in [0.05, 0.1) is 5.71 Å². The van der Waals surface area contributed by atoms with Gasteiger partial charge in [0.1, 0.15) is 0 Å². The number of rotatable bonds is 1. The highest BCUT2D eigenvalue weighted by Crippen LogP contribution is 2.33. The van der Waals surface area contributed by atoms with Gasteiger partial charge in [0.15, 0.2) is 0 Å². The van der Waals surface area contributed by atoms with Crippen LogP contribution in [0.5, 0.6) is 0 Å². The maximum absolute atomic E-state index is 4.46. The predicted molar refractivity (Wildman–Crippen MR) is 57.9 cm³/mol. The van der Waals surface area contributed by atoms with Gasteiger partial charge in [0, 0.05) is 14.1 Å². The molecule has 2 nitrogen and oxygen atoms in total. The molecule has 0 aromatic rings. The normalized spacial score (nSPS) is 24.4. The molecular formula is C11H20N2. The van der Waals surface area contributed by atoms with E-state index in [-0.39, 0.29) is 0 Å². The minimum Gasteiger partial charge on any atom is -0.303 e. The van der Waals surface area contributed by atoms with Crippen molar-refractivity contribution in [3.8, 4) is 0 Å². The summed E-state index contributed by atoms with van der Waals surface area (Å²) in [5.74, 6) is 0. The lowest BCUT2D eigenvalue weighted by Crippen LogP contribution is -2.22. The number of allylic oxidation sites excluding steroid dienone is 2. The first-order valence-electron chi connectivity index (χ1n) is 4.81. The van der Waals surface area contributed by atoms with E-state index in [1.165, 1.54) is 17.7 Å². The summed E-state index contributed by atoms with van der Waals surface area (Å²) in [6.07, 6.45) is 4.49. The van der Waals surface area contributed by atoms with Crippen molar-refractivity contribution in [2.45, 2.75) is 33.6 Å². The van der Waals surface area contributed by atoms with Crippen LogP contribution < -0.4 is 0 Å². The number of hydrogen-bond donors (Lipinski definition) is 0. The third-order valence-electron chi connectivity index (χ3n) is 2.16. The van der Waals surface area contributed by atoms with Gasteiger partial charge in [-0.25, -0.2) is 0 Å². The molecule has 0 aromatic heterocycles. The van der Waals surface area contributed by atoms with Gasteiger partial charge >= 0.3 is 0 Å². The fraction of sp³-hybridized carbons (Fsp3) is 0.727. The maximum atomic E-state index is 4.46. The first-order valence-corrected chi connectivity index (χ1v) is 4.81. The summed E-state index contributed by atoms with van der Waals surface area (Å²) in [6, 6.07) is 0. The van der Waals surface area contributed by atoms with Gasteiger partial charge in [0.25, 0.3) is 0 Å². The minimum absolute atomic E-state index is 0.383. The Kier molecular flexibility index (Phi) is 2.79. The number of hydrazone groups is 1. The molecule has 0 unspecified atom stereocenters. The van der Waals surface area contributed by atoms with E-state index >= 15 is 0 Å². The first kappa shape index (κ1) is 10.3. The van der Waals surface area contributed by atoms with Gasteiger partial charge < -0.3 is 5.01 Å². The van der Waals surface area contributed by atoms with Crippen molar-refractivity contribution >= 4 is 5.71 Å². The SMILES string of the molecule is CC1=C/C(=N\N(C)C)CC(C)(C)C1. The van der Waals surface area contributed by atoms with Crippen LogP contribution in [0.25, 0.3) is 0 Å². The molecule has 0 saturated carbocycles. The van der Waals surface area contributed by atoms with Gasteiger partial charge in [0.2, 0.25) is 0 Å². The quantitative estimate of drug-likeness (QED) is 0.566. The lowest BCUT2D eigenvalue weighted by atomic mass is 9.77. The maximum Gasteiger partial charge on any atom is 0.0610 e. The molecule has 0 atom stereocenters. The Morgan fingerprint density at radius 3 is 2.38 bits per heavy atom. The van der Waals surface area contributed by atoms with Gasteiger partial charge in [-0.3, -0.25) is 0 Å². The summed E-state index contributed by atoms with van der Waals surface area (Å²) < 4.78 is 0. The molecule has 1 aliphatic rings. The molecule has 0 spiro atoms. The molecule has 0 bridgehead atoms. The number of hydrogen-bond acceptors (Lipinski definition) is 2. The third-order valence-corrected chi connectivity index (χ3v) is 2.16. The fourth-order valence-electron chi connectivity index (χ4n) is 2.02. The smallest absolute Gasteiger partial charge is 0.0610 e. The summed E-state index contributed by atoms with van der Waals surface area (Å²) in [4.78, 5) is 0. The average Bonchev–Trinajstić information content (AvgIpc) is 1.78. The van der Waals surface area contributed by atoms with E-state index in [0.717, 1.165) is 6.42 Å². The van der Waals surface area contributed by atoms with Crippen LogP contribution in [-0.2, 0) is 0 Å². The van der Waals surface area contributed by atoms with E-state index in [1.54, 1.807) is 0 Å². The monoisotopic (exact) mass is 180 g/mol. The van der Waals surface area contributed by atoms with Crippen molar-refractivity contribution in [2.24, 2.45) is 10.5 Å². The van der Waals surface area contributed by atoms with Crippen molar-refractivity contribution in [2.75, 3.05) is 14.1 Å². The second kappa shape index (κ2) is 3.52. The molecule has 1 aliphatic carbocycles. The summed E-state index contributed by atoms with van der Waals surface area (Å²) >= 11 is 0. The van der Waals surface area contributed by atoms with E-state index in [2.05, 4.69) is 31.9 Å². The van der Waals surface area contributed by atoms with E-state index in [9.17, 15) is 0 Å². The topological polar surface area (TPSA) is 15.6 Å². The van der Waals surface area contributed by atoms with Crippen molar-refractivity contribution in [1.29, 1.82) is 0 Å². The van der Waals surface area contributed by atoms with E-state index < -0.39 is 0 Å². The van der Waals surface area contributed by atoms with Crippen LogP contribution in [0.4, 0.5) is 0 Å². The fourth-order valence-corrected chi connectivity index (χ4v) is 2.02. The molecule has 13 heavy (non-hydrogen) atoms. The van der Waals surface area contributed by atoms with Crippen LogP contribution in [0, 0.1) is 5.41 Å². The Hall–Kier alpha value is -0.790. The minimum atomic E-state index is 0.383. The first-order chi connectivity index (χ1) is 5.89. The molecule has 0 fully saturated rings. The van der Waals surface area contributed by atoms with Crippen LogP contribution in [-0.4, -0.2) is 24.8 Å². The lowest BCUT2D eigenvalue weighted by Gasteiger charge is -2.29. The molecular weight excluding hydrogens is 160 g/mol. The number of nitrogens with zero attached hydrogens (tertiary/aromatic N) is 2. The Morgan fingerprint density at radius 2 is 1.92 bits per heavy atom. The Balaban J connectivity index is 2.84. The molecule has 0 heterocycles. The predicted octanol–water partition coefficient (Wildman–Crippen LogP) is 2.67. The van der Waals surface area contributed by atoms with Crippen molar-refractivity contribution in [3.05, 3.63) is 11.6 Å². The highest BCUT2D eigenvalue weighted by Gasteiger charge is 2.24. The van der Waals surface area contributed by atoms with E-state index in [4.69, 9.17) is 0 Å². The molecule has 2 heteroatoms. The van der Waals surface area contributed by atoms with Crippen LogP contribution >= 0.6 is 0 Å². The van der Waals surface area contributed by atoms with E-state index in [1.807, 2.05) is 19.1 Å². The van der Waals surface area contributed by atoms with Gasteiger partial charge in [-0.2, -0.15) is 5.10 Å². The molecule has 0 N–H and O–H groups in total. The Bertz CT molecular complexity index is 247. The van der Waals surface area contributed by atoms with Crippen LogP contribution in [0.15, 0.2) is 16.8 Å². The van der Waals surface area contributed by atoms with Gasteiger partial charge in [-0.1, -0.05) is 19.4 Å². The second-order valence-corrected chi connectivity index (χ2v) is 4.95. The lowest BCUT2D eigenvalue weighted by molar-refractivity contribution is 0.365. The van der Waals surface area contributed by atoms with Crippen molar-refractivity contribution in [1.82, 2.24) is 5.01 Å². The Morgan fingerprint density at radius 1 is 1.31 bits per heavy atom. The van der Waals surface area contributed by atoms with Gasteiger partial charge in [-0.15, -0.1) is 0 Å². The summed E-state index contributed by atoms with van der Waals surface area (Å²) in [6.45, 7) is 6.79.